The molecule has 1 amide bonds. The summed E-state index contributed by atoms with van der Waals surface area (Å²) in [4.78, 5) is 12.7. The standard InChI is InChI=1S/C11H14N2O2S/c1-2-12-11(14)8-6-16-10-7(8)4-3-5-9(10)13-15/h6,15H,2-5H2,1H3,(H,12,14). The molecule has 0 saturated carbocycles. The Kier molecular flexibility index (Phi) is 3.24. The molecule has 0 aromatic carbocycles. The molecule has 86 valence electrons. The Morgan fingerprint density at radius 3 is 3.12 bits per heavy atom. The second-order valence-electron chi connectivity index (χ2n) is 3.72. The summed E-state index contributed by atoms with van der Waals surface area (Å²) in [6.07, 6.45) is 2.62. The Balaban J connectivity index is 2.37. The molecule has 1 heterocycles. The number of fused-ring (bicyclic) bond motifs is 1. The topological polar surface area (TPSA) is 61.7 Å². The number of carbonyl (C=O) groups is 1. The van der Waals surface area contributed by atoms with Crippen LogP contribution in [0.2, 0.25) is 0 Å². The fourth-order valence-corrected chi connectivity index (χ4v) is 3.08. The molecule has 1 aromatic rings. The van der Waals surface area contributed by atoms with Crippen molar-refractivity contribution in [2.24, 2.45) is 5.16 Å². The quantitative estimate of drug-likeness (QED) is 0.611. The molecule has 5 heteroatoms. The number of nitrogens with zero attached hydrogens (tertiary/aromatic N) is 1. The van der Waals surface area contributed by atoms with Gasteiger partial charge < -0.3 is 10.5 Å². The van der Waals surface area contributed by atoms with Crippen molar-refractivity contribution in [3.63, 3.8) is 0 Å². The second kappa shape index (κ2) is 4.65. The number of carbonyl (C=O) groups excluding carboxylic acids is 1. The van der Waals surface area contributed by atoms with Crippen molar-refractivity contribution >= 4 is 23.0 Å². The second-order valence-corrected chi connectivity index (χ2v) is 4.60. The van der Waals surface area contributed by atoms with Crippen molar-refractivity contribution in [1.82, 2.24) is 5.32 Å². The largest absolute Gasteiger partial charge is 0.411 e. The summed E-state index contributed by atoms with van der Waals surface area (Å²) in [6, 6.07) is 0. The van der Waals surface area contributed by atoms with E-state index in [4.69, 9.17) is 5.21 Å². The predicted octanol–water partition coefficient (Wildman–Crippen LogP) is 2.01. The van der Waals surface area contributed by atoms with Crippen LogP contribution in [0.15, 0.2) is 10.5 Å². The van der Waals surface area contributed by atoms with Gasteiger partial charge in [-0.25, -0.2) is 0 Å². The van der Waals surface area contributed by atoms with E-state index in [1.807, 2.05) is 12.3 Å². The zero-order chi connectivity index (χ0) is 11.5. The number of thiophene rings is 1. The van der Waals surface area contributed by atoms with Crippen LogP contribution in [0.1, 0.15) is 40.6 Å². The lowest BCUT2D eigenvalue weighted by Crippen LogP contribution is -2.24. The van der Waals surface area contributed by atoms with Crippen molar-refractivity contribution in [3.05, 3.63) is 21.4 Å². The van der Waals surface area contributed by atoms with E-state index in [2.05, 4.69) is 10.5 Å². The maximum absolute atomic E-state index is 11.8. The molecule has 1 aliphatic carbocycles. The molecule has 1 aliphatic rings. The van der Waals surface area contributed by atoms with E-state index in [0.717, 1.165) is 35.3 Å². The molecule has 0 spiro atoms. The van der Waals surface area contributed by atoms with E-state index >= 15 is 0 Å². The van der Waals surface area contributed by atoms with Crippen molar-refractivity contribution in [2.45, 2.75) is 26.2 Å². The summed E-state index contributed by atoms with van der Waals surface area (Å²) in [7, 11) is 0. The van der Waals surface area contributed by atoms with Crippen LogP contribution in [0.25, 0.3) is 0 Å². The van der Waals surface area contributed by atoms with Gasteiger partial charge in [0.15, 0.2) is 0 Å². The summed E-state index contributed by atoms with van der Waals surface area (Å²) in [5, 5.41) is 16.8. The monoisotopic (exact) mass is 238 g/mol. The molecule has 0 atom stereocenters. The molecule has 0 bridgehead atoms. The molecule has 16 heavy (non-hydrogen) atoms. The minimum Gasteiger partial charge on any atom is -0.411 e. The van der Waals surface area contributed by atoms with Gasteiger partial charge in [0.1, 0.15) is 0 Å². The predicted molar refractivity (Wildman–Crippen MR) is 63.6 cm³/mol. The van der Waals surface area contributed by atoms with E-state index in [-0.39, 0.29) is 5.91 Å². The number of hydrogen-bond acceptors (Lipinski definition) is 4. The third-order valence-corrected chi connectivity index (χ3v) is 3.77. The summed E-state index contributed by atoms with van der Waals surface area (Å²) in [6.45, 7) is 2.53. The molecule has 2 N–H and O–H groups in total. The molecule has 0 radical (unpaired) electrons. The average molecular weight is 238 g/mol. The summed E-state index contributed by atoms with van der Waals surface area (Å²) in [5.74, 6) is -0.0285. The molecular weight excluding hydrogens is 224 g/mol. The van der Waals surface area contributed by atoms with Gasteiger partial charge in [0, 0.05) is 11.9 Å². The lowest BCUT2D eigenvalue weighted by atomic mass is 9.94. The number of hydrogen-bond donors (Lipinski definition) is 2. The first kappa shape index (κ1) is 11.1. The zero-order valence-corrected chi connectivity index (χ0v) is 9.93. The normalized spacial score (nSPS) is 17.2. The van der Waals surface area contributed by atoms with Crippen LogP contribution in [0.5, 0.6) is 0 Å². The Labute approximate surface area is 98.0 Å². The smallest absolute Gasteiger partial charge is 0.252 e. The minimum absolute atomic E-state index is 0.0285. The van der Waals surface area contributed by atoms with Crippen LogP contribution in [0.4, 0.5) is 0 Å². The summed E-state index contributed by atoms with van der Waals surface area (Å²) >= 11 is 1.49. The van der Waals surface area contributed by atoms with E-state index in [1.54, 1.807) is 0 Å². The van der Waals surface area contributed by atoms with Gasteiger partial charge >= 0.3 is 0 Å². The summed E-state index contributed by atoms with van der Waals surface area (Å²) in [5.41, 5.74) is 2.49. The molecule has 0 aliphatic heterocycles. The first-order chi connectivity index (χ1) is 7.77. The third-order valence-electron chi connectivity index (χ3n) is 2.70. The maximum atomic E-state index is 11.8. The molecule has 0 fully saturated rings. The van der Waals surface area contributed by atoms with Crippen molar-refractivity contribution in [1.29, 1.82) is 0 Å². The van der Waals surface area contributed by atoms with E-state index in [1.165, 1.54) is 11.3 Å². The Hall–Kier alpha value is -1.36. The fourth-order valence-electron chi connectivity index (χ4n) is 1.96. The first-order valence-corrected chi connectivity index (χ1v) is 6.25. The Morgan fingerprint density at radius 2 is 2.44 bits per heavy atom. The minimum atomic E-state index is -0.0285. The molecule has 0 unspecified atom stereocenters. The highest BCUT2D eigenvalue weighted by Crippen LogP contribution is 2.30. The highest BCUT2D eigenvalue weighted by molar-refractivity contribution is 7.12. The first-order valence-electron chi connectivity index (χ1n) is 5.37. The lowest BCUT2D eigenvalue weighted by Gasteiger charge is -2.13. The molecule has 2 rings (SSSR count). The number of amides is 1. The summed E-state index contributed by atoms with van der Waals surface area (Å²) < 4.78 is 0. The van der Waals surface area contributed by atoms with Crippen molar-refractivity contribution in [3.8, 4) is 0 Å². The number of rotatable bonds is 2. The molecule has 1 aromatic heterocycles. The van der Waals surface area contributed by atoms with Gasteiger partial charge in [-0.2, -0.15) is 0 Å². The van der Waals surface area contributed by atoms with E-state index < -0.39 is 0 Å². The van der Waals surface area contributed by atoms with Crippen molar-refractivity contribution in [2.75, 3.05) is 6.54 Å². The zero-order valence-electron chi connectivity index (χ0n) is 9.12. The van der Waals surface area contributed by atoms with Gasteiger partial charge in [-0.05, 0) is 31.7 Å². The lowest BCUT2D eigenvalue weighted by molar-refractivity contribution is 0.0955. The van der Waals surface area contributed by atoms with Gasteiger partial charge in [-0.3, -0.25) is 4.79 Å². The average Bonchev–Trinajstić information content (AvgIpc) is 2.72. The van der Waals surface area contributed by atoms with Crippen LogP contribution in [0, 0.1) is 0 Å². The highest BCUT2D eigenvalue weighted by Gasteiger charge is 2.23. The highest BCUT2D eigenvalue weighted by atomic mass is 32.1. The van der Waals surface area contributed by atoms with E-state index in [0.29, 0.717) is 12.3 Å². The van der Waals surface area contributed by atoms with Crippen LogP contribution in [-0.2, 0) is 6.42 Å². The van der Waals surface area contributed by atoms with Gasteiger partial charge in [-0.1, -0.05) is 5.16 Å². The van der Waals surface area contributed by atoms with Crippen LogP contribution in [-0.4, -0.2) is 23.4 Å². The van der Waals surface area contributed by atoms with E-state index in [9.17, 15) is 4.79 Å². The van der Waals surface area contributed by atoms with Gasteiger partial charge in [0.05, 0.1) is 16.2 Å². The maximum Gasteiger partial charge on any atom is 0.252 e. The van der Waals surface area contributed by atoms with Gasteiger partial charge in [-0.15, -0.1) is 11.3 Å². The molecule has 0 saturated heterocycles. The van der Waals surface area contributed by atoms with Crippen LogP contribution >= 0.6 is 11.3 Å². The Morgan fingerprint density at radius 1 is 1.62 bits per heavy atom. The van der Waals surface area contributed by atoms with Gasteiger partial charge in [0.25, 0.3) is 5.91 Å². The van der Waals surface area contributed by atoms with Crippen LogP contribution in [0.3, 0.4) is 0 Å². The third kappa shape index (κ3) is 1.82. The Bertz CT molecular complexity index is 437. The van der Waals surface area contributed by atoms with Gasteiger partial charge in [0.2, 0.25) is 0 Å². The fraction of sp³-hybridized carbons (Fsp3) is 0.455. The number of oxime groups is 1. The molecule has 4 nitrogen and oxygen atoms in total. The SMILES string of the molecule is CCNC(=O)c1csc2c1CCCC2=NO. The molecular formula is C11H14N2O2S. The van der Waals surface area contributed by atoms with Crippen LogP contribution < -0.4 is 5.32 Å². The number of nitrogens with one attached hydrogen (secondary N) is 1. The van der Waals surface area contributed by atoms with Crippen molar-refractivity contribution < 1.29 is 10.0 Å².